The van der Waals surface area contributed by atoms with Crippen LogP contribution < -0.4 is 19.7 Å². The molecule has 0 heterocycles. The zero-order chi connectivity index (χ0) is 32.3. The minimum atomic E-state index is -1.01. The summed E-state index contributed by atoms with van der Waals surface area (Å²) in [6.07, 6.45) is 0.226. The number of carboxylic acids is 1. The lowest BCUT2D eigenvalue weighted by molar-refractivity contribution is -0.137. The summed E-state index contributed by atoms with van der Waals surface area (Å²) in [5.41, 5.74) is 5.65. The quantitative estimate of drug-likeness (QED) is 0.119. The van der Waals surface area contributed by atoms with E-state index in [-0.39, 0.29) is 12.2 Å². The van der Waals surface area contributed by atoms with Crippen LogP contribution in [0.15, 0.2) is 127 Å². The summed E-state index contributed by atoms with van der Waals surface area (Å²) >= 11 is 0. The monoisotopic (exact) mass is 614 g/mol. The Balaban J connectivity index is 1.22. The van der Waals surface area contributed by atoms with Crippen LogP contribution in [-0.2, 0) is 17.8 Å². The van der Waals surface area contributed by atoms with Crippen molar-refractivity contribution in [3.05, 3.63) is 155 Å². The van der Waals surface area contributed by atoms with Crippen molar-refractivity contribution < 1.29 is 24.2 Å². The van der Waals surface area contributed by atoms with Crippen LogP contribution >= 0.6 is 0 Å². The van der Waals surface area contributed by atoms with Gasteiger partial charge in [-0.15, -0.1) is 0 Å². The second-order valence-electron chi connectivity index (χ2n) is 11.0. The van der Waals surface area contributed by atoms with Crippen molar-refractivity contribution >= 4 is 23.1 Å². The summed E-state index contributed by atoms with van der Waals surface area (Å²) in [7, 11) is 1.68. The Morgan fingerprint density at radius 2 is 1.54 bits per heavy atom. The molecule has 7 heteroatoms. The third kappa shape index (κ3) is 8.33. The van der Waals surface area contributed by atoms with E-state index in [9.17, 15) is 14.7 Å². The number of carboxylic acid groups (broad SMARTS) is 1. The summed E-state index contributed by atoms with van der Waals surface area (Å²) in [5.74, 6) is 0.368. The van der Waals surface area contributed by atoms with Gasteiger partial charge in [0.15, 0.2) is 5.78 Å². The first-order chi connectivity index (χ1) is 22.4. The molecule has 5 aromatic rings. The number of para-hydroxylation sites is 2. The van der Waals surface area contributed by atoms with Crippen LogP contribution in [0.2, 0.25) is 0 Å². The Labute approximate surface area is 270 Å². The van der Waals surface area contributed by atoms with Gasteiger partial charge >= 0.3 is 5.97 Å². The maximum absolute atomic E-state index is 13.1. The average Bonchev–Trinajstić information content (AvgIpc) is 3.08. The first-order valence-electron chi connectivity index (χ1n) is 15.2. The number of rotatable bonds is 15. The summed E-state index contributed by atoms with van der Waals surface area (Å²) in [5, 5.41) is 13.1. The van der Waals surface area contributed by atoms with Crippen LogP contribution in [0.3, 0.4) is 0 Å². The highest BCUT2D eigenvalue weighted by molar-refractivity contribution is 6.12. The predicted molar refractivity (Wildman–Crippen MR) is 182 cm³/mol. The van der Waals surface area contributed by atoms with Gasteiger partial charge in [-0.05, 0) is 60.5 Å². The van der Waals surface area contributed by atoms with Gasteiger partial charge in [0.25, 0.3) is 0 Å². The van der Waals surface area contributed by atoms with Crippen molar-refractivity contribution in [2.75, 3.05) is 30.5 Å². The molecule has 1 atom stereocenters. The molecular formula is C39H38N2O5. The van der Waals surface area contributed by atoms with E-state index in [1.807, 2.05) is 48.5 Å². The molecule has 0 spiro atoms. The molecule has 0 saturated carbocycles. The largest absolute Gasteiger partial charge is 0.496 e. The minimum Gasteiger partial charge on any atom is -0.496 e. The highest BCUT2D eigenvalue weighted by Gasteiger charge is 2.21. The Kier molecular flexibility index (Phi) is 10.7. The lowest BCUT2D eigenvalue weighted by Gasteiger charge is -2.26. The van der Waals surface area contributed by atoms with E-state index in [4.69, 9.17) is 9.47 Å². The van der Waals surface area contributed by atoms with Gasteiger partial charge in [0.2, 0.25) is 0 Å². The van der Waals surface area contributed by atoms with Crippen molar-refractivity contribution in [2.24, 2.45) is 0 Å². The number of nitrogens with one attached hydrogen (secondary N) is 1. The van der Waals surface area contributed by atoms with Gasteiger partial charge in [-0.1, -0.05) is 84.9 Å². The highest BCUT2D eigenvalue weighted by Crippen LogP contribution is 2.25. The average molecular weight is 615 g/mol. The molecule has 1 unspecified atom stereocenters. The summed E-state index contributed by atoms with van der Waals surface area (Å²) in [4.78, 5) is 27.7. The van der Waals surface area contributed by atoms with Crippen molar-refractivity contribution in [3.8, 4) is 11.5 Å². The molecule has 0 amide bonds. The molecule has 5 rings (SSSR count). The molecule has 0 aliphatic heterocycles. The van der Waals surface area contributed by atoms with E-state index >= 15 is 0 Å². The Bertz CT molecular complexity index is 1750. The number of nitrogens with zero attached hydrogens (tertiary/aromatic N) is 1. The molecule has 0 bridgehead atoms. The predicted octanol–water partition coefficient (Wildman–Crippen LogP) is 7.43. The minimum absolute atomic E-state index is 0.168. The Morgan fingerprint density at radius 3 is 2.28 bits per heavy atom. The number of methoxy groups -OCH3 is 1. The van der Waals surface area contributed by atoms with E-state index in [2.05, 4.69) is 47.5 Å². The standard InChI is InChI=1S/C39H38N2O5/c1-28-11-10-15-32(25-28)41(27-31-14-6-9-18-37(31)45-2)23-24-46-33-21-19-29(20-22-33)26-36(39(43)44)40-35-17-8-7-16-34(35)38(42)30-12-4-3-5-13-30/h3-22,25,36,40H,23-24,26-27H2,1-2H3,(H,43,44). The molecule has 234 valence electrons. The molecule has 46 heavy (non-hydrogen) atoms. The zero-order valence-corrected chi connectivity index (χ0v) is 26.1. The first-order valence-corrected chi connectivity index (χ1v) is 15.2. The van der Waals surface area contributed by atoms with Crippen molar-refractivity contribution in [2.45, 2.75) is 25.9 Å². The van der Waals surface area contributed by atoms with E-state index in [0.717, 1.165) is 22.6 Å². The number of ether oxygens (including phenoxy) is 2. The van der Waals surface area contributed by atoms with Crippen LogP contribution in [0.4, 0.5) is 11.4 Å². The topological polar surface area (TPSA) is 88.1 Å². The normalized spacial score (nSPS) is 11.3. The number of aryl methyl sites for hydroxylation is 1. The van der Waals surface area contributed by atoms with Crippen LogP contribution in [-0.4, -0.2) is 43.2 Å². The SMILES string of the molecule is COc1ccccc1CN(CCOc1ccc(CC(Nc2ccccc2C(=O)c2ccccc2)C(=O)O)cc1)c1cccc(C)c1. The van der Waals surface area contributed by atoms with Gasteiger partial charge < -0.3 is 24.8 Å². The third-order valence-corrected chi connectivity index (χ3v) is 7.75. The lowest BCUT2D eigenvalue weighted by atomic mass is 10.00. The Morgan fingerprint density at radius 1 is 0.826 bits per heavy atom. The fraction of sp³-hybridized carbons (Fsp3) is 0.179. The van der Waals surface area contributed by atoms with Crippen LogP contribution in [0.5, 0.6) is 11.5 Å². The van der Waals surface area contributed by atoms with Crippen molar-refractivity contribution in [1.29, 1.82) is 0 Å². The zero-order valence-electron chi connectivity index (χ0n) is 26.1. The molecule has 0 radical (unpaired) electrons. The maximum atomic E-state index is 13.1. The van der Waals surface area contributed by atoms with Crippen LogP contribution in [0.1, 0.15) is 32.6 Å². The number of hydrogen-bond acceptors (Lipinski definition) is 6. The molecule has 0 aromatic heterocycles. The smallest absolute Gasteiger partial charge is 0.326 e. The lowest BCUT2D eigenvalue weighted by Crippen LogP contribution is -2.32. The number of hydrogen-bond donors (Lipinski definition) is 2. The van der Waals surface area contributed by atoms with Gasteiger partial charge in [0, 0.05) is 41.0 Å². The van der Waals surface area contributed by atoms with Crippen LogP contribution in [0.25, 0.3) is 0 Å². The van der Waals surface area contributed by atoms with Gasteiger partial charge in [0.05, 0.1) is 13.7 Å². The fourth-order valence-electron chi connectivity index (χ4n) is 5.33. The van der Waals surface area contributed by atoms with Gasteiger partial charge in [-0.25, -0.2) is 4.79 Å². The number of aliphatic carboxylic acids is 1. The van der Waals surface area contributed by atoms with Gasteiger partial charge in [0.1, 0.15) is 24.1 Å². The maximum Gasteiger partial charge on any atom is 0.326 e. The molecule has 0 aliphatic carbocycles. The van der Waals surface area contributed by atoms with E-state index in [0.29, 0.717) is 42.3 Å². The molecule has 5 aromatic carbocycles. The van der Waals surface area contributed by atoms with Crippen molar-refractivity contribution in [3.63, 3.8) is 0 Å². The molecule has 7 nitrogen and oxygen atoms in total. The number of carbonyl (C=O) groups excluding carboxylic acids is 1. The van der Waals surface area contributed by atoms with Gasteiger partial charge in [-0.2, -0.15) is 0 Å². The third-order valence-electron chi connectivity index (χ3n) is 7.75. The van der Waals surface area contributed by atoms with Gasteiger partial charge in [-0.3, -0.25) is 4.79 Å². The summed E-state index contributed by atoms with van der Waals surface area (Å²) in [6, 6.07) is 38.9. The number of benzene rings is 5. The molecule has 0 aliphatic rings. The van der Waals surface area contributed by atoms with E-state index in [1.165, 1.54) is 5.56 Å². The first kappa shape index (κ1) is 31.9. The molecule has 0 fully saturated rings. The summed E-state index contributed by atoms with van der Waals surface area (Å²) in [6.45, 7) is 3.85. The van der Waals surface area contributed by atoms with E-state index in [1.54, 1.807) is 55.6 Å². The molecule has 0 saturated heterocycles. The van der Waals surface area contributed by atoms with E-state index < -0.39 is 12.0 Å². The second kappa shape index (κ2) is 15.4. The summed E-state index contributed by atoms with van der Waals surface area (Å²) < 4.78 is 11.7. The number of carbonyl (C=O) groups is 2. The Hall–Kier alpha value is -5.56. The van der Waals surface area contributed by atoms with Crippen LogP contribution in [0, 0.1) is 6.92 Å². The molecule has 2 N–H and O–H groups in total. The fourth-order valence-corrected chi connectivity index (χ4v) is 5.33. The molecular weight excluding hydrogens is 576 g/mol. The highest BCUT2D eigenvalue weighted by atomic mass is 16.5. The van der Waals surface area contributed by atoms with Crippen molar-refractivity contribution in [1.82, 2.24) is 0 Å². The number of anilines is 2. The second-order valence-corrected chi connectivity index (χ2v) is 11.0. The number of ketones is 1.